The van der Waals surface area contributed by atoms with E-state index in [0.29, 0.717) is 19.4 Å². The number of primary amides is 1. The van der Waals surface area contributed by atoms with Gasteiger partial charge in [-0.05, 0) is 72.0 Å². The lowest BCUT2D eigenvalue weighted by atomic mass is 10.0. The van der Waals surface area contributed by atoms with Crippen LogP contribution in [0.4, 0.5) is 9.18 Å². The third-order valence-electron chi connectivity index (χ3n) is 5.80. The van der Waals surface area contributed by atoms with Crippen molar-refractivity contribution in [3.8, 4) is 0 Å². The number of hydrogen-bond acceptors (Lipinski definition) is 10. The largest absolute Gasteiger partial charge is 0.444 e. The standard InChI is InChI=1S/C26H42FN3O11S2/c1-6-18(11-10-17(2)22(31)20(12-14-27)42(35,36)37)23(32)21(43(38,39)40)13-16-29-15-8-7-9-19(24(28)33)30-25(34)41-26(3,4)5/h6,10-11,19-21,29H,1,7-9,12-16H2,2-5H3,(H2,28,33)(H,30,34)(H,35,36,37)(H,38,39,40)/b17-10+,18-11+. The van der Waals surface area contributed by atoms with Crippen molar-refractivity contribution in [3.63, 3.8) is 0 Å². The number of nitrogens with one attached hydrogen (secondary N) is 2. The lowest BCUT2D eigenvalue weighted by Crippen LogP contribution is -2.46. The predicted molar refractivity (Wildman–Crippen MR) is 157 cm³/mol. The predicted octanol–water partition coefficient (Wildman–Crippen LogP) is 1.58. The highest BCUT2D eigenvalue weighted by atomic mass is 32.2. The molecule has 2 amide bonds. The number of hydrogen-bond donors (Lipinski definition) is 5. The van der Waals surface area contributed by atoms with Gasteiger partial charge in [0.25, 0.3) is 20.2 Å². The summed E-state index contributed by atoms with van der Waals surface area (Å²) in [6.07, 6.45) is 2.16. The number of alkyl carbamates (subject to hydrolysis) is 1. The summed E-state index contributed by atoms with van der Waals surface area (Å²) in [6.45, 7) is 8.67. The second-order valence-electron chi connectivity index (χ2n) is 10.5. The number of halogens is 1. The van der Waals surface area contributed by atoms with E-state index in [2.05, 4.69) is 17.2 Å². The molecule has 17 heteroatoms. The van der Waals surface area contributed by atoms with Gasteiger partial charge in [-0.15, -0.1) is 0 Å². The van der Waals surface area contributed by atoms with E-state index in [0.717, 1.165) is 25.2 Å². The van der Waals surface area contributed by atoms with Crippen molar-refractivity contribution in [2.75, 3.05) is 19.8 Å². The second kappa shape index (κ2) is 18.0. The molecule has 0 aliphatic carbocycles. The average molecular weight is 656 g/mol. The molecule has 43 heavy (non-hydrogen) atoms. The van der Waals surface area contributed by atoms with Crippen LogP contribution in [0.2, 0.25) is 0 Å². The third kappa shape index (κ3) is 15.9. The van der Waals surface area contributed by atoms with Gasteiger partial charge in [-0.2, -0.15) is 16.8 Å². The van der Waals surface area contributed by atoms with Crippen LogP contribution < -0.4 is 16.4 Å². The first-order valence-electron chi connectivity index (χ1n) is 13.2. The van der Waals surface area contributed by atoms with Crippen LogP contribution in [-0.2, 0) is 39.4 Å². The highest BCUT2D eigenvalue weighted by Gasteiger charge is 2.33. The Balaban J connectivity index is 5.21. The number of ketones is 2. The van der Waals surface area contributed by atoms with Crippen LogP contribution in [0.5, 0.6) is 0 Å². The molecule has 0 radical (unpaired) electrons. The van der Waals surface area contributed by atoms with E-state index >= 15 is 0 Å². The van der Waals surface area contributed by atoms with Gasteiger partial charge in [-0.3, -0.25) is 27.9 Å². The quantitative estimate of drug-likeness (QED) is 0.0544. The number of carbonyl (C=O) groups is 4. The van der Waals surface area contributed by atoms with E-state index in [9.17, 15) is 49.5 Å². The van der Waals surface area contributed by atoms with E-state index in [1.807, 2.05) is 0 Å². The van der Waals surface area contributed by atoms with E-state index in [1.54, 1.807) is 20.8 Å². The highest BCUT2D eigenvalue weighted by Crippen LogP contribution is 2.16. The van der Waals surface area contributed by atoms with Gasteiger partial charge in [0.2, 0.25) is 5.91 Å². The Bertz CT molecular complexity index is 1290. The first kappa shape index (κ1) is 40.0. The molecule has 0 spiro atoms. The maximum absolute atomic E-state index is 12.9. The first-order chi connectivity index (χ1) is 19.7. The van der Waals surface area contributed by atoms with Crippen molar-refractivity contribution in [3.05, 3.63) is 36.0 Å². The summed E-state index contributed by atoms with van der Waals surface area (Å²) in [4.78, 5) is 48.8. The molecule has 0 fully saturated rings. The number of ether oxygens (including phenoxy) is 1. The summed E-state index contributed by atoms with van der Waals surface area (Å²) in [7, 11) is -9.78. The van der Waals surface area contributed by atoms with Gasteiger partial charge in [0.15, 0.2) is 22.1 Å². The average Bonchev–Trinajstić information content (AvgIpc) is 2.85. The molecule has 0 aromatic rings. The van der Waals surface area contributed by atoms with Crippen molar-refractivity contribution < 1.29 is 54.2 Å². The summed E-state index contributed by atoms with van der Waals surface area (Å²) in [6, 6.07) is -0.962. The molecule has 0 saturated heterocycles. The second-order valence-corrected chi connectivity index (χ2v) is 13.7. The Morgan fingerprint density at radius 1 is 0.930 bits per heavy atom. The molecule has 3 atom stereocenters. The number of unbranched alkanes of at least 4 members (excludes halogenated alkanes) is 1. The zero-order valence-electron chi connectivity index (χ0n) is 24.7. The lowest BCUT2D eigenvalue weighted by molar-refractivity contribution is -0.120. The number of nitrogens with two attached hydrogens (primary N) is 1. The number of carbonyl (C=O) groups excluding carboxylic acids is 4. The fourth-order valence-corrected chi connectivity index (χ4v) is 5.27. The molecule has 3 unspecified atom stereocenters. The smallest absolute Gasteiger partial charge is 0.408 e. The number of alkyl halides is 1. The van der Waals surface area contributed by atoms with E-state index in [4.69, 9.17) is 10.5 Å². The van der Waals surface area contributed by atoms with Gasteiger partial charge < -0.3 is 21.1 Å². The summed E-state index contributed by atoms with van der Waals surface area (Å²) in [5.74, 6) is -2.92. The Labute approximate surface area is 251 Å². The SMILES string of the molecule is C=C/C(=C\C=C(/C)C(=O)C(CCF)S(=O)(=O)O)C(=O)C(CCNCCCCC(NC(=O)OC(C)(C)C)C(N)=O)S(=O)(=O)O. The van der Waals surface area contributed by atoms with Crippen LogP contribution in [0.3, 0.4) is 0 Å². The van der Waals surface area contributed by atoms with Gasteiger partial charge >= 0.3 is 6.09 Å². The fourth-order valence-electron chi connectivity index (χ4n) is 3.61. The Kier molecular flexibility index (Phi) is 16.7. The fraction of sp³-hybridized carbons (Fsp3) is 0.615. The van der Waals surface area contributed by atoms with Gasteiger partial charge in [0.1, 0.15) is 11.6 Å². The number of Topliss-reactive ketones (excluding diaryl/α,β-unsaturated/α-hetero) is 2. The van der Waals surface area contributed by atoms with Crippen LogP contribution in [0.1, 0.15) is 59.8 Å². The minimum Gasteiger partial charge on any atom is -0.444 e. The lowest BCUT2D eigenvalue weighted by Gasteiger charge is -2.22. The van der Waals surface area contributed by atoms with Gasteiger partial charge in [0, 0.05) is 12.0 Å². The van der Waals surface area contributed by atoms with E-state index < -0.39 is 79.0 Å². The van der Waals surface area contributed by atoms with Crippen LogP contribution in [0.15, 0.2) is 36.0 Å². The van der Waals surface area contributed by atoms with Crippen LogP contribution in [0.25, 0.3) is 0 Å². The highest BCUT2D eigenvalue weighted by molar-refractivity contribution is 7.87. The van der Waals surface area contributed by atoms with Crippen LogP contribution in [0, 0.1) is 0 Å². The summed E-state index contributed by atoms with van der Waals surface area (Å²) >= 11 is 0. The molecule has 246 valence electrons. The van der Waals surface area contributed by atoms with Gasteiger partial charge in [0.05, 0.1) is 6.67 Å². The number of amides is 2. The van der Waals surface area contributed by atoms with Crippen molar-refractivity contribution in [1.29, 1.82) is 0 Å². The topological polar surface area (TPSA) is 236 Å². The van der Waals surface area contributed by atoms with Crippen molar-refractivity contribution >= 4 is 43.8 Å². The van der Waals surface area contributed by atoms with E-state index in [-0.39, 0.29) is 30.5 Å². The molecule has 0 heterocycles. The Morgan fingerprint density at radius 2 is 1.49 bits per heavy atom. The zero-order valence-corrected chi connectivity index (χ0v) is 26.3. The third-order valence-corrected chi connectivity index (χ3v) is 8.13. The molecular weight excluding hydrogens is 613 g/mol. The summed E-state index contributed by atoms with van der Waals surface area (Å²) in [5.41, 5.74) is 3.97. The maximum Gasteiger partial charge on any atom is 0.408 e. The van der Waals surface area contributed by atoms with Crippen molar-refractivity contribution in [1.82, 2.24) is 10.6 Å². The molecule has 6 N–H and O–H groups in total. The summed E-state index contributed by atoms with van der Waals surface area (Å²) in [5, 5.41) is 1.36. The minimum absolute atomic E-state index is 0.0251. The maximum atomic E-state index is 12.9. The Morgan fingerprint density at radius 3 is 1.95 bits per heavy atom. The number of allylic oxidation sites excluding steroid dienone is 5. The molecule has 0 saturated carbocycles. The van der Waals surface area contributed by atoms with Crippen LogP contribution in [-0.4, -0.2) is 91.4 Å². The molecule has 0 aromatic heterocycles. The van der Waals surface area contributed by atoms with Gasteiger partial charge in [-0.25, -0.2) is 4.79 Å². The molecule has 0 rings (SSSR count). The molecule has 0 bridgehead atoms. The normalized spacial score (nSPS) is 15.2. The molecule has 14 nitrogen and oxygen atoms in total. The molecule has 0 aromatic carbocycles. The van der Waals surface area contributed by atoms with Crippen LogP contribution >= 0.6 is 0 Å². The summed E-state index contributed by atoms with van der Waals surface area (Å²) < 4.78 is 83.3. The zero-order chi connectivity index (χ0) is 33.6. The molecular formula is C26H42FN3O11S2. The molecule has 0 aliphatic heterocycles. The van der Waals surface area contributed by atoms with Crippen molar-refractivity contribution in [2.24, 2.45) is 5.73 Å². The number of rotatable bonds is 20. The first-order valence-corrected chi connectivity index (χ1v) is 16.2. The van der Waals surface area contributed by atoms with E-state index in [1.165, 1.54) is 0 Å². The monoisotopic (exact) mass is 655 g/mol. The van der Waals surface area contributed by atoms with Crippen molar-refractivity contribution in [2.45, 2.75) is 81.9 Å². The van der Waals surface area contributed by atoms with Gasteiger partial charge in [-0.1, -0.05) is 24.8 Å². The molecule has 0 aliphatic rings. The minimum atomic E-state index is -4.90. The Hall–Kier alpha value is -2.99.